The Morgan fingerprint density at radius 2 is 1.90 bits per heavy atom. The number of hydrogen-bond donors (Lipinski definition) is 2. The van der Waals surface area contributed by atoms with Gasteiger partial charge in [-0.05, 0) is 35.9 Å². The zero-order valence-corrected chi connectivity index (χ0v) is 12.8. The molecule has 1 heterocycles. The van der Waals surface area contributed by atoms with Gasteiger partial charge in [-0.2, -0.15) is 0 Å². The van der Waals surface area contributed by atoms with Gasteiger partial charge < -0.3 is 11.1 Å². The number of anilines is 1. The zero-order chi connectivity index (χ0) is 14.8. The predicted octanol–water partition coefficient (Wildman–Crippen LogP) is 3.15. The first-order chi connectivity index (χ1) is 10.1. The maximum Gasteiger partial charge on any atom is 0.232 e. The summed E-state index contributed by atoms with van der Waals surface area (Å²) in [7, 11) is 0. The molecule has 2 aromatic carbocycles. The molecule has 0 aromatic heterocycles. The van der Waals surface area contributed by atoms with Crippen LogP contribution in [0.5, 0.6) is 0 Å². The summed E-state index contributed by atoms with van der Waals surface area (Å²) in [4.78, 5) is 14.0. The van der Waals surface area contributed by atoms with Gasteiger partial charge in [0.15, 0.2) is 0 Å². The van der Waals surface area contributed by atoms with Crippen LogP contribution >= 0.6 is 24.0 Å². The topological polar surface area (TPSA) is 55.1 Å². The van der Waals surface area contributed by atoms with Crippen molar-refractivity contribution < 1.29 is 4.79 Å². The molecule has 106 valence electrons. The van der Waals surface area contributed by atoms with Crippen LogP contribution in [0, 0.1) is 0 Å². The molecule has 1 unspecified atom stereocenters. The van der Waals surface area contributed by atoms with Crippen LogP contribution in [0.15, 0.2) is 53.4 Å². The Morgan fingerprint density at radius 3 is 2.62 bits per heavy atom. The number of fused-ring (bicyclic) bond motifs is 1. The van der Waals surface area contributed by atoms with Crippen molar-refractivity contribution in [3.05, 3.63) is 59.7 Å². The lowest BCUT2D eigenvalue weighted by molar-refractivity contribution is -0.117. The summed E-state index contributed by atoms with van der Waals surface area (Å²) >= 11 is 6.64. The zero-order valence-electron chi connectivity index (χ0n) is 11.2. The Morgan fingerprint density at radius 1 is 1.19 bits per heavy atom. The van der Waals surface area contributed by atoms with Gasteiger partial charge in [-0.1, -0.05) is 30.4 Å². The number of thiocarbonyl (C=S) groups is 1. The van der Waals surface area contributed by atoms with Crippen molar-refractivity contribution in [2.24, 2.45) is 5.73 Å². The van der Waals surface area contributed by atoms with Crippen LogP contribution in [0.2, 0.25) is 0 Å². The molecular formula is C16H14N2OS2. The van der Waals surface area contributed by atoms with Crippen LogP contribution in [-0.2, 0) is 4.79 Å². The van der Waals surface area contributed by atoms with Gasteiger partial charge in [0.1, 0.15) is 4.99 Å². The Balaban J connectivity index is 1.74. The minimum Gasteiger partial charge on any atom is -0.389 e. The molecule has 1 amide bonds. The molecule has 1 aliphatic heterocycles. The Kier molecular flexibility index (Phi) is 3.94. The second-order valence-electron chi connectivity index (χ2n) is 4.83. The van der Waals surface area contributed by atoms with Gasteiger partial charge in [-0.15, -0.1) is 11.8 Å². The fraction of sp³-hybridized carbons (Fsp3) is 0.125. The maximum absolute atomic E-state index is 12.4. The fourth-order valence-corrected chi connectivity index (χ4v) is 3.69. The van der Waals surface area contributed by atoms with Gasteiger partial charge in [0.2, 0.25) is 5.91 Å². The third-order valence-electron chi connectivity index (χ3n) is 3.45. The highest BCUT2D eigenvalue weighted by molar-refractivity contribution is 7.99. The van der Waals surface area contributed by atoms with Crippen LogP contribution < -0.4 is 11.1 Å². The average molecular weight is 314 g/mol. The normalized spacial score (nSPS) is 16.3. The van der Waals surface area contributed by atoms with Gasteiger partial charge in [0.25, 0.3) is 0 Å². The third-order valence-corrected chi connectivity index (χ3v) is 4.87. The molecule has 0 aliphatic carbocycles. The summed E-state index contributed by atoms with van der Waals surface area (Å²) in [5, 5.41) is 2.95. The van der Waals surface area contributed by atoms with Crippen LogP contribution in [0.25, 0.3) is 0 Å². The summed E-state index contributed by atoms with van der Waals surface area (Å²) in [6, 6.07) is 15.3. The molecule has 0 fully saturated rings. The molecule has 3 nitrogen and oxygen atoms in total. The van der Waals surface area contributed by atoms with Crippen LogP contribution in [-0.4, -0.2) is 16.6 Å². The first-order valence-electron chi connectivity index (χ1n) is 6.57. The second-order valence-corrected chi connectivity index (χ2v) is 6.33. The molecular weight excluding hydrogens is 300 g/mol. The van der Waals surface area contributed by atoms with Gasteiger partial charge in [-0.3, -0.25) is 4.79 Å². The summed E-state index contributed by atoms with van der Waals surface area (Å²) < 4.78 is 0. The molecule has 0 spiro atoms. The quantitative estimate of drug-likeness (QED) is 0.855. The highest BCUT2D eigenvalue weighted by Crippen LogP contribution is 2.39. The lowest BCUT2D eigenvalue weighted by atomic mass is 10.0. The van der Waals surface area contributed by atoms with E-state index in [2.05, 4.69) is 11.4 Å². The number of hydrogen-bond acceptors (Lipinski definition) is 3. The highest BCUT2D eigenvalue weighted by Gasteiger charge is 2.28. The molecule has 3 N–H and O–H groups in total. The van der Waals surface area contributed by atoms with E-state index in [1.165, 1.54) is 4.90 Å². The molecule has 3 rings (SSSR count). The first kappa shape index (κ1) is 14.1. The van der Waals surface area contributed by atoms with Crippen molar-refractivity contribution in [3.8, 4) is 0 Å². The van der Waals surface area contributed by atoms with Crippen molar-refractivity contribution in [2.45, 2.75) is 10.8 Å². The molecule has 5 heteroatoms. The van der Waals surface area contributed by atoms with Crippen molar-refractivity contribution in [2.75, 3.05) is 11.1 Å². The molecule has 0 radical (unpaired) electrons. The molecule has 0 saturated heterocycles. The molecule has 2 aromatic rings. The van der Waals surface area contributed by atoms with E-state index in [0.717, 1.165) is 22.6 Å². The number of amides is 1. The Hall–Kier alpha value is -1.85. The van der Waals surface area contributed by atoms with E-state index in [1.807, 2.05) is 42.5 Å². The number of benzene rings is 2. The molecule has 1 atom stereocenters. The standard InChI is InChI=1S/C16H14N2OS2/c17-15(20)10-5-7-11(8-6-10)18-16(19)13-9-21-14-4-2-1-3-12(13)14/h1-8,13H,9H2,(H2,17,20)(H,18,19). The van der Waals surface area contributed by atoms with E-state index < -0.39 is 0 Å². The van der Waals surface area contributed by atoms with Crippen LogP contribution in [0.3, 0.4) is 0 Å². The number of nitrogens with two attached hydrogens (primary N) is 1. The summed E-state index contributed by atoms with van der Waals surface area (Å²) in [5.74, 6) is 0.716. The Labute approximate surface area is 132 Å². The van der Waals surface area contributed by atoms with Crippen molar-refractivity contribution in [3.63, 3.8) is 0 Å². The Bertz CT molecular complexity index is 698. The average Bonchev–Trinajstić information content (AvgIpc) is 2.92. The fourth-order valence-electron chi connectivity index (χ4n) is 2.33. The van der Waals surface area contributed by atoms with Gasteiger partial charge in [0, 0.05) is 21.9 Å². The van der Waals surface area contributed by atoms with Crippen molar-refractivity contribution in [1.82, 2.24) is 0 Å². The summed E-state index contributed by atoms with van der Waals surface area (Å²) in [6.45, 7) is 0. The lowest BCUT2D eigenvalue weighted by Crippen LogP contribution is -2.21. The first-order valence-corrected chi connectivity index (χ1v) is 7.97. The predicted molar refractivity (Wildman–Crippen MR) is 90.9 cm³/mol. The van der Waals surface area contributed by atoms with E-state index in [9.17, 15) is 4.79 Å². The second kappa shape index (κ2) is 5.87. The number of carbonyl (C=O) groups excluding carboxylic acids is 1. The minimum atomic E-state index is -0.0959. The maximum atomic E-state index is 12.4. The smallest absolute Gasteiger partial charge is 0.232 e. The molecule has 1 aliphatic rings. The largest absolute Gasteiger partial charge is 0.389 e. The van der Waals surface area contributed by atoms with Crippen molar-refractivity contribution >= 4 is 40.6 Å². The SMILES string of the molecule is NC(=S)c1ccc(NC(=O)C2CSc3ccccc32)cc1. The molecule has 21 heavy (non-hydrogen) atoms. The van der Waals surface area contributed by atoms with E-state index in [4.69, 9.17) is 18.0 Å². The molecule has 0 saturated carbocycles. The number of rotatable bonds is 3. The summed E-state index contributed by atoms with van der Waals surface area (Å²) in [5.41, 5.74) is 8.22. The number of thioether (sulfide) groups is 1. The van der Waals surface area contributed by atoms with E-state index in [-0.39, 0.29) is 11.8 Å². The van der Waals surface area contributed by atoms with Crippen molar-refractivity contribution in [1.29, 1.82) is 0 Å². The van der Waals surface area contributed by atoms with Gasteiger partial charge >= 0.3 is 0 Å². The van der Waals surface area contributed by atoms with E-state index >= 15 is 0 Å². The van der Waals surface area contributed by atoms with Crippen LogP contribution in [0.1, 0.15) is 17.0 Å². The van der Waals surface area contributed by atoms with E-state index in [0.29, 0.717) is 4.99 Å². The number of carbonyl (C=O) groups is 1. The monoisotopic (exact) mass is 314 g/mol. The number of nitrogens with one attached hydrogen (secondary N) is 1. The summed E-state index contributed by atoms with van der Waals surface area (Å²) in [6.07, 6.45) is 0. The third kappa shape index (κ3) is 2.94. The van der Waals surface area contributed by atoms with E-state index in [1.54, 1.807) is 11.8 Å². The van der Waals surface area contributed by atoms with Gasteiger partial charge in [-0.25, -0.2) is 0 Å². The van der Waals surface area contributed by atoms with Gasteiger partial charge in [0.05, 0.1) is 5.92 Å². The minimum absolute atomic E-state index is 0.0236. The highest BCUT2D eigenvalue weighted by atomic mass is 32.2. The van der Waals surface area contributed by atoms with Crippen LogP contribution in [0.4, 0.5) is 5.69 Å². The lowest BCUT2D eigenvalue weighted by Gasteiger charge is -2.12. The molecule has 0 bridgehead atoms.